The molecule has 2 saturated heterocycles. The molecular weight excluding hydrogens is 282 g/mol. The van der Waals surface area contributed by atoms with Crippen molar-refractivity contribution in [1.82, 2.24) is 4.90 Å². The van der Waals surface area contributed by atoms with Crippen LogP contribution in [0.25, 0.3) is 0 Å². The lowest BCUT2D eigenvalue weighted by atomic mass is 9.88. The topological polar surface area (TPSA) is 73.2 Å². The van der Waals surface area contributed by atoms with Crippen LogP contribution in [0.15, 0.2) is 30.3 Å². The maximum Gasteiger partial charge on any atom is 0.0991 e. The number of fused-ring (bicyclic) bond motifs is 1. The van der Waals surface area contributed by atoms with E-state index < -0.39 is 18.3 Å². The number of rotatable bonds is 5. The highest BCUT2D eigenvalue weighted by Crippen LogP contribution is 2.32. The van der Waals surface area contributed by atoms with Gasteiger partial charge in [-0.3, -0.25) is 4.90 Å². The molecule has 2 aliphatic heterocycles. The molecule has 2 heterocycles. The maximum absolute atomic E-state index is 10.2. The van der Waals surface area contributed by atoms with Crippen molar-refractivity contribution >= 4 is 0 Å². The predicted octanol–water partition coefficient (Wildman–Crippen LogP) is 0.380. The Morgan fingerprint density at radius 3 is 2.59 bits per heavy atom. The van der Waals surface area contributed by atoms with Gasteiger partial charge in [0.15, 0.2) is 0 Å². The molecule has 2 aliphatic rings. The second kappa shape index (κ2) is 7.06. The van der Waals surface area contributed by atoms with Gasteiger partial charge in [-0.25, -0.2) is 0 Å². The van der Waals surface area contributed by atoms with Crippen LogP contribution in [0.1, 0.15) is 18.4 Å². The first-order chi connectivity index (χ1) is 10.6. The van der Waals surface area contributed by atoms with Crippen LogP contribution in [0, 0.1) is 5.92 Å². The summed E-state index contributed by atoms with van der Waals surface area (Å²) in [7, 11) is 0. The molecule has 5 nitrogen and oxygen atoms in total. The Bertz CT molecular complexity index is 469. The van der Waals surface area contributed by atoms with Gasteiger partial charge < -0.3 is 20.1 Å². The van der Waals surface area contributed by atoms with Crippen LogP contribution in [0.4, 0.5) is 0 Å². The fourth-order valence-corrected chi connectivity index (χ4v) is 3.69. The molecule has 0 bridgehead atoms. The number of aliphatic hydroxyl groups is 3. The Balaban J connectivity index is 1.43. The summed E-state index contributed by atoms with van der Waals surface area (Å²) >= 11 is 0. The first-order valence-electron chi connectivity index (χ1n) is 8.05. The fraction of sp³-hybridized carbons (Fsp3) is 0.647. The van der Waals surface area contributed by atoms with Gasteiger partial charge in [0.2, 0.25) is 0 Å². The molecule has 0 aliphatic carbocycles. The normalized spacial score (nSPS) is 35.5. The van der Waals surface area contributed by atoms with Crippen LogP contribution in [-0.4, -0.2) is 64.3 Å². The van der Waals surface area contributed by atoms with Crippen LogP contribution < -0.4 is 0 Å². The van der Waals surface area contributed by atoms with Crippen molar-refractivity contribution in [3.8, 4) is 0 Å². The molecule has 0 saturated carbocycles. The zero-order chi connectivity index (χ0) is 15.5. The molecule has 0 amide bonds. The van der Waals surface area contributed by atoms with Crippen LogP contribution >= 0.6 is 0 Å². The Hall–Kier alpha value is -0.980. The molecule has 22 heavy (non-hydrogen) atoms. The molecule has 122 valence electrons. The summed E-state index contributed by atoms with van der Waals surface area (Å²) in [5.41, 5.74) is 1.16. The van der Waals surface area contributed by atoms with Gasteiger partial charge in [0, 0.05) is 19.7 Å². The predicted molar refractivity (Wildman–Crippen MR) is 82.2 cm³/mol. The number of ether oxygens (including phenoxy) is 1. The summed E-state index contributed by atoms with van der Waals surface area (Å²) in [4.78, 5) is 2.02. The minimum atomic E-state index is -0.828. The van der Waals surface area contributed by atoms with Gasteiger partial charge >= 0.3 is 0 Å². The Morgan fingerprint density at radius 2 is 1.82 bits per heavy atom. The van der Waals surface area contributed by atoms with Gasteiger partial charge in [0.1, 0.15) is 0 Å². The number of piperidine rings is 1. The van der Waals surface area contributed by atoms with E-state index in [0.29, 0.717) is 32.1 Å². The average molecular weight is 307 g/mol. The van der Waals surface area contributed by atoms with Crippen LogP contribution in [0.5, 0.6) is 0 Å². The molecule has 5 heteroatoms. The van der Waals surface area contributed by atoms with Crippen LogP contribution in [0.2, 0.25) is 0 Å². The summed E-state index contributed by atoms with van der Waals surface area (Å²) in [5, 5.41) is 29.9. The van der Waals surface area contributed by atoms with E-state index in [0.717, 1.165) is 18.5 Å². The van der Waals surface area contributed by atoms with Crippen LogP contribution in [-0.2, 0) is 11.3 Å². The van der Waals surface area contributed by atoms with Gasteiger partial charge in [0.25, 0.3) is 0 Å². The zero-order valence-electron chi connectivity index (χ0n) is 12.7. The van der Waals surface area contributed by atoms with Crippen molar-refractivity contribution in [3.05, 3.63) is 35.9 Å². The van der Waals surface area contributed by atoms with E-state index in [1.807, 2.05) is 35.2 Å². The number of benzene rings is 1. The van der Waals surface area contributed by atoms with E-state index >= 15 is 0 Å². The molecule has 3 N–H and O–H groups in total. The molecule has 0 unspecified atom stereocenters. The van der Waals surface area contributed by atoms with E-state index in [-0.39, 0.29) is 6.04 Å². The molecule has 5 atom stereocenters. The van der Waals surface area contributed by atoms with Gasteiger partial charge in [0.05, 0.1) is 31.0 Å². The van der Waals surface area contributed by atoms with Crippen LogP contribution in [0.3, 0.4) is 0 Å². The zero-order valence-corrected chi connectivity index (χ0v) is 12.7. The molecule has 3 rings (SSSR count). The number of hydrogen-bond donors (Lipinski definition) is 3. The SMILES string of the molecule is O[C@H]1[C@H]2[C@H](O)C[C@@H](CCOCc3ccccc3)CN2C[C@H]1O. The summed E-state index contributed by atoms with van der Waals surface area (Å²) in [6, 6.07) is 9.77. The third kappa shape index (κ3) is 3.50. The Labute approximate surface area is 131 Å². The van der Waals surface area contributed by atoms with Crippen molar-refractivity contribution in [3.63, 3.8) is 0 Å². The Morgan fingerprint density at radius 1 is 1.05 bits per heavy atom. The van der Waals surface area contributed by atoms with Crippen molar-refractivity contribution < 1.29 is 20.1 Å². The van der Waals surface area contributed by atoms with E-state index in [1.165, 1.54) is 0 Å². The first kappa shape index (κ1) is 15.9. The van der Waals surface area contributed by atoms with E-state index in [9.17, 15) is 15.3 Å². The van der Waals surface area contributed by atoms with Crippen molar-refractivity contribution in [2.24, 2.45) is 5.92 Å². The van der Waals surface area contributed by atoms with Gasteiger partial charge in [-0.1, -0.05) is 30.3 Å². The van der Waals surface area contributed by atoms with Gasteiger partial charge in [-0.2, -0.15) is 0 Å². The molecule has 0 radical (unpaired) electrons. The molecule has 1 aromatic carbocycles. The largest absolute Gasteiger partial charge is 0.391 e. The minimum Gasteiger partial charge on any atom is -0.391 e. The summed E-state index contributed by atoms with van der Waals surface area (Å²) < 4.78 is 5.71. The lowest BCUT2D eigenvalue weighted by molar-refractivity contribution is -0.0473. The lowest BCUT2D eigenvalue weighted by Crippen LogP contribution is -2.52. The number of nitrogens with zero attached hydrogens (tertiary/aromatic N) is 1. The minimum absolute atomic E-state index is 0.309. The van der Waals surface area contributed by atoms with E-state index in [2.05, 4.69) is 0 Å². The third-order valence-corrected chi connectivity index (χ3v) is 4.83. The number of hydrogen-bond acceptors (Lipinski definition) is 5. The smallest absolute Gasteiger partial charge is 0.0991 e. The number of aliphatic hydroxyl groups excluding tert-OH is 3. The van der Waals surface area contributed by atoms with Crippen molar-refractivity contribution in [2.45, 2.75) is 43.8 Å². The molecule has 1 aromatic rings. The standard InChI is InChI=1S/C17H25NO4/c19-14-8-13(9-18-10-15(20)17(21)16(14)18)6-7-22-11-12-4-2-1-3-5-12/h1-5,13-17,19-21H,6-11H2/t13-,14-,15-,16-,17-/m1/s1. The lowest BCUT2D eigenvalue weighted by Gasteiger charge is -2.39. The highest BCUT2D eigenvalue weighted by molar-refractivity contribution is 5.13. The van der Waals surface area contributed by atoms with Crippen molar-refractivity contribution in [2.75, 3.05) is 19.7 Å². The molecule has 0 aromatic heterocycles. The second-order valence-electron chi connectivity index (χ2n) is 6.50. The summed E-state index contributed by atoms with van der Waals surface area (Å²) in [6.07, 6.45) is -0.586. The summed E-state index contributed by atoms with van der Waals surface area (Å²) in [5.74, 6) is 0.347. The second-order valence-corrected chi connectivity index (χ2v) is 6.50. The quantitative estimate of drug-likeness (QED) is 0.686. The van der Waals surface area contributed by atoms with E-state index in [4.69, 9.17) is 4.74 Å². The van der Waals surface area contributed by atoms with E-state index in [1.54, 1.807) is 0 Å². The first-order valence-corrected chi connectivity index (χ1v) is 8.05. The molecular formula is C17H25NO4. The van der Waals surface area contributed by atoms with Gasteiger partial charge in [-0.05, 0) is 24.3 Å². The van der Waals surface area contributed by atoms with Crippen molar-refractivity contribution in [1.29, 1.82) is 0 Å². The fourth-order valence-electron chi connectivity index (χ4n) is 3.69. The third-order valence-electron chi connectivity index (χ3n) is 4.83. The highest BCUT2D eigenvalue weighted by Gasteiger charge is 2.47. The average Bonchev–Trinajstić information content (AvgIpc) is 2.80. The molecule has 2 fully saturated rings. The van der Waals surface area contributed by atoms with Gasteiger partial charge in [-0.15, -0.1) is 0 Å². The monoisotopic (exact) mass is 307 g/mol. The maximum atomic E-state index is 10.2. The highest BCUT2D eigenvalue weighted by atomic mass is 16.5. The molecule has 0 spiro atoms. The Kier molecular flexibility index (Phi) is 5.10. The summed E-state index contributed by atoms with van der Waals surface area (Å²) in [6.45, 7) is 2.53.